The van der Waals surface area contributed by atoms with Crippen LogP contribution in [0.25, 0.3) is 0 Å². The van der Waals surface area contributed by atoms with Crippen molar-refractivity contribution in [3.63, 3.8) is 0 Å². The zero-order valence-electron chi connectivity index (χ0n) is 15.7. The van der Waals surface area contributed by atoms with Crippen molar-refractivity contribution in [1.82, 2.24) is 9.88 Å². The molecule has 0 saturated carbocycles. The van der Waals surface area contributed by atoms with Crippen LogP contribution in [0.5, 0.6) is 0 Å². The molecule has 1 aliphatic heterocycles. The average Bonchev–Trinajstić information content (AvgIpc) is 2.53. The molecule has 7 heteroatoms. The Morgan fingerprint density at radius 3 is 2.32 bits per heavy atom. The topological polar surface area (TPSA) is 88.8 Å². The Kier molecular flexibility index (Phi) is 5.55. The maximum atomic E-state index is 12.2. The summed E-state index contributed by atoms with van der Waals surface area (Å²) in [4.78, 5) is 31.8. The highest BCUT2D eigenvalue weighted by Gasteiger charge is 2.28. The summed E-state index contributed by atoms with van der Waals surface area (Å²) in [6.07, 6.45) is 1.28. The molecule has 2 rings (SSSR count). The molecule has 0 aromatic carbocycles. The van der Waals surface area contributed by atoms with Gasteiger partial charge < -0.3 is 20.3 Å². The minimum Gasteiger partial charge on any atom is -0.444 e. The number of amides is 2. The Hall–Kier alpha value is -2.31. The van der Waals surface area contributed by atoms with Crippen LogP contribution in [0.3, 0.4) is 0 Å². The van der Waals surface area contributed by atoms with Crippen molar-refractivity contribution in [2.45, 2.75) is 45.1 Å². The van der Waals surface area contributed by atoms with Gasteiger partial charge in [-0.2, -0.15) is 0 Å². The van der Waals surface area contributed by atoms with Crippen molar-refractivity contribution in [3.8, 4) is 0 Å². The van der Waals surface area contributed by atoms with Gasteiger partial charge in [0.1, 0.15) is 11.3 Å². The summed E-state index contributed by atoms with van der Waals surface area (Å²) >= 11 is 0. The molecular weight excluding hydrogens is 320 g/mol. The molecule has 138 valence electrons. The number of hydrogen-bond acceptors (Lipinski definition) is 5. The summed E-state index contributed by atoms with van der Waals surface area (Å²) in [5, 5.41) is 0. The third-order valence-electron chi connectivity index (χ3n) is 4.16. The molecule has 25 heavy (non-hydrogen) atoms. The number of aromatic nitrogens is 1. The fourth-order valence-corrected chi connectivity index (χ4v) is 2.81. The third-order valence-corrected chi connectivity index (χ3v) is 4.16. The van der Waals surface area contributed by atoms with Crippen LogP contribution in [0.15, 0.2) is 12.1 Å². The van der Waals surface area contributed by atoms with Gasteiger partial charge in [0, 0.05) is 44.5 Å². The summed E-state index contributed by atoms with van der Waals surface area (Å²) in [5.74, 6) is -0.340. The molecule has 1 saturated heterocycles. The second kappa shape index (κ2) is 7.29. The molecule has 1 aliphatic rings. The first-order valence-electron chi connectivity index (χ1n) is 8.54. The number of anilines is 1. The van der Waals surface area contributed by atoms with Gasteiger partial charge in [-0.3, -0.25) is 4.79 Å². The lowest BCUT2D eigenvalue weighted by Crippen LogP contribution is -2.41. The number of nitrogens with zero attached hydrogens (tertiary/aromatic N) is 3. The largest absolute Gasteiger partial charge is 0.444 e. The summed E-state index contributed by atoms with van der Waals surface area (Å²) < 4.78 is 5.42. The van der Waals surface area contributed by atoms with Crippen molar-refractivity contribution in [2.75, 3.05) is 32.1 Å². The highest BCUT2D eigenvalue weighted by molar-refractivity contribution is 5.91. The first kappa shape index (κ1) is 19.0. The van der Waals surface area contributed by atoms with Crippen LogP contribution in [0.4, 0.5) is 10.5 Å². The Labute approximate surface area is 149 Å². The lowest BCUT2D eigenvalue weighted by Gasteiger charge is -2.33. The molecule has 0 unspecified atom stereocenters. The van der Waals surface area contributed by atoms with Crippen LogP contribution in [0.2, 0.25) is 0 Å². The van der Waals surface area contributed by atoms with Crippen molar-refractivity contribution < 1.29 is 14.3 Å². The van der Waals surface area contributed by atoms with Gasteiger partial charge >= 0.3 is 6.09 Å². The van der Waals surface area contributed by atoms with Gasteiger partial charge in [0.15, 0.2) is 0 Å². The Morgan fingerprint density at radius 1 is 1.24 bits per heavy atom. The molecule has 0 atom stereocenters. The number of ether oxygens (including phenoxy) is 1. The summed E-state index contributed by atoms with van der Waals surface area (Å²) in [7, 11) is 3.82. The second-order valence-corrected chi connectivity index (χ2v) is 7.64. The maximum Gasteiger partial charge on any atom is 0.410 e. The van der Waals surface area contributed by atoms with Gasteiger partial charge in [-0.05, 0) is 45.7 Å². The van der Waals surface area contributed by atoms with Gasteiger partial charge in [0.05, 0.1) is 0 Å². The van der Waals surface area contributed by atoms with E-state index in [1.165, 1.54) is 0 Å². The molecular formula is C18H28N4O3. The molecule has 0 aliphatic carbocycles. The minimum absolute atomic E-state index is 0.191. The van der Waals surface area contributed by atoms with E-state index in [9.17, 15) is 9.59 Å². The Bertz CT molecular complexity index is 644. The number of carbonyl (C=O) groups is 2. The van der Waals surface area contributed by atoms with Crippen LogP contribution in [0, 0.1) is 0 Å². The van der Waals surface area contributed by atoms with Crippen molar-refractivity contribution >= 4 is 17.7 Å². The number of pyridine rings is 1. The third kappa shape index (κ3) is 5.08. The standard InChI is InChI=1S/C18H28N4O3/c1-18(2,3)25-17(24)22-8-6-12(7-9-22)14-10-13(21(4)5)11-15(20-14)16(19)23/h10-12H,6-9H2,1-5H3,(H2,19,23). The fraction of sp³-hybridized carbons (Fsp3) is 0.611. The molecule has 0 spiro atoms. The molecule has 1 aromatic rings. The molecule has 0 radical (unpaired) electrons. The average molecular weight is 348 g/mol. The van der Waals surface area contributed by atoms with Crippen LogP contribution >= 0.6 is 0 Å². The normalized spacial score (nSPS) is 15.8. The van der Waals surface area contributed by atoms with Gasteiger partial charge in [0.25, 0.3) is 5.91 Å². The number of primary amides is 1. The lowest BCUT2D eigenvalue weighted by atomic mass is 9.92. The van der Waals surface area contributed by atoms with E-state index < -0.39 is 11.5 Å². The van der Waals surface area contributed by atoms with E-state index in [4.69, 9.17) is 10.5 Å². The zero-order valence-corrected chi connectivity index (χ0v) is 15.7. The van der Waals surface area contributed by atoms with Crippen LogP contribution in [0.1, 0.15) is 55.7 Å². The molecule has 7 nitrogen and oxygen atoms in total. The van der Waals surface area contributed by atoms with E-state index in [-0.39, 0.29) is 17.7 Å². The molecule has 1 aromatic heterocycles. The van der Waals surface area contributed by atoms with Crippen LogP contribution in [-0.2, 0) is 4.74 Å². The van der Waals surface area contributed by atoms with E-state index in [1.54, 1.807) is 11.0 Å². The summed E-state index contributed by atoms with van der Waals surface area (Å²) in [6.45, 7) is 6.80. The molecule has 2 N–H and O–H groups in total. The minimum atomic E-state index is -0.531. The van der Waals surface area contributed by atoms with Crippen molar-refractivity contribution in [2.24, 2.45) is 5.73 Å². The van der Waals surface area contributed by atoms with E-state index in [0.29, 0.717) is 13.1 Å². The van der Waals surface area contributed by atoms with Gasteiger partial charge in [-0.15, -0.1) is 0 Å². The smallest absolute Gasteiger partial charge is 0.410 e. The highest BCUT2D eigenvalue weighted by atomic mass is 16.6. The van der Waals surface area contributed by atoms with Crippen molar-refractivity contribution in [1.29, 1.82) is 0 Å². The van der Waals surface area contributed by atoms with Gasteiger partial charge in [-0.25, -0.2) is 9.78 Å². The summed E-state index contributed by atoms with van der Waals surface area (Å²) in [6, 6.07) is 3.68. The van der Waals surface area contributed by atoms with Crippen LogP contribution < -0.4 is 10.6 Å². The molecule has 1 fully saturated rings. The SMILES string of the molecule is CN(C)c1cc(C(N)=O)nc(C2CCN(C(=O)OC(C)(C)C)CC2)c1. The first-order chi connectivity index (χ1) is 11.6. The molecule has 0 bridgehead atoms. The van der Waals surface area contributed by atoms with E-state index in [1.807, 2.05) is 45.8 Å². The number of hydrogen-bond donors (Lipinski definition) is 1. The lowest BCUT2D eigenvalue weighted by molar-refractivity contribution is 0.0204. The first-order valence-corrected chi connectivity index (χ1v) is 8.54. The van der Waals surface area contributed by atoms with E-state index in [0.717, 1.165) is 24.2 Å². The Balaban J connectivity index is 2.10. The van der Waals surface area contributed by atoms with E-state index in [2.05, 4.69) is 4.98 Å². The van der Waals surface area contributed by atoms with E-state index >= 15 is 0 Å². The predicted molar refractivity (Wildman–Crippen MR) is 96.9 cm³/mol. The number of nitrogens with two attached hydrogens (primary N) is 1. The van der Waals surface area contributed by atoms with Gasteiger partial charge in [0.2, 0.25) is 0 Å². The van der Waals surface area contributed by atoms with Crippen molar-refractivity contribution in [3.05, 3.63) is 23.5 Å². The zero-order chi connectivity index (χ0) is 18.8. The van der Waals surface area contributed by atoms with Crippen LogP contribution in [-0.4, -0.2) is 54.7 Å². The van der Waals surface area contributed by atoms with Gasteiger partial charge in [-0.1, -0.05) is 0 Å². The number of rotatable bonds is 3. The highest BCUT2D eigenvalue weighted by Crippen LogP contribution is 2.30. The second-order valence-electron chi connectivity index (χ2n) is 7.64. The number of carbonyl (C=O) groups excluding carboxylic acids is 2. The quantitative estimate of drug-likeness (QED) is 0.906. The number of likely N-dealkylation sites (tertiary alicyclic amines) is 1. The maximum absolute atomic E-state index is 12.2. The Morgan fingerprint density at radius 2 is 1.84 bits per heavy atom. The predicted octanol–water partition coefficient (Wildman–Crippen LogP) is 2.36. The molecule has 2 amide bonds. The summed E-state index contributed by atoms with van der Waals surface area (Å²) in [5.41, 5.74) is 6.94. The fourth-order valence-electron chi connectivity index (χ4n) is 2.81. The molecule has 2 heterocycles. The monoisotopic (exact) mass is 348 g/mol. The number of piperidine rings is 1.